The van der Waals surface area contributed by atoms with Crippen molar-refractivity contribution in [3.8, 4) is 5.75 Å². The Bertz CT molecular complexity index is 1340. The number of carbonyl (C=O) groups excluding carboxylic acids is 1. The average Bonchev–Trinajstić information content (AvgIpc) is 3.18. The van der Waals surface area contributed by atoms with Gasteiger partial charge in [-0.2, -0.15) is 0 Å². The fraction of sp³-hybridized carbons (Fsp3) is 0.160. The van der Waals surface area contributed by atoms with E-state index in [-0.39, 0.29) is 23.9 Å². The minimum atomic E-state index is -3.50. The molecule has 0 bridgehead atoms. The number of rotatable bonds is 8. The molecule has 0 N–H and O–H groups in total. The van der Waals surface area contributed by atoms with Crippen LogP contribution in [0.1, 0.15) is 27.7 Å². The Kier molecular flexibility index (Phi) is 6.58. The van der Waals surface area contributed by atoms with Crippen molar-refractivity contribution in [3.05, 3.63) is 94.9 Å². The maximum absolute atomic E-state index is 12.9. The summed E-state index contributed by atoms with van der Waals surface area (Å²) in [7, 11) is -3.50. The van der Waals surface area contributed by atoms with Gasteiger partial charge >= 0.3 is 5.97 Å². The van der Waals surface area contributed by atoms with E-state index in [9.17, 15) is 13.2 Å². The molecule has 7 heteroatoms. The quantitative estimate of drug-likeness (QED) is 0.315. The zero-order valence-electron chi connectivity index (χ0n) is 17.5. The lowest BCUT2D eigenvalue weighted by atomic mass is 10.1. The Morgan fingerprint density at radius 2 is 1.53 bits per heavy atom. The van der Waals surface area contributed by atoms with Crippen LogP contribution in [-0.2, 0) is 26.9 Å². The molecule has 0 atom stereocenters. The summed E-state index contributed by atoms with van der Waals surface area (Å²) in [6, 6.07) is 23.3. The van der Waals surface area contributed by atoms with E-state index in [0.29, 0.717) is 16.2 Å². The van der Waals surface area contributed by atoms with Gasteiger partial charge in [0, 0.05) is 10.1 Å². The standard InChI is InChI=1S/C25H22O5S2/c1-2-29-25(26)24-23(21-14-8-9-15-22(21)31-24)30-16-18-10-6-7-11-19(18)17-32(27,28)20-12-4-3-5-13-20/h3-15H,2,16-17H2,1H3. The molecule has 3 aromatic carbocycles. The average molecular weight is 467 g/mol. The van der Waals surface area contributed by atoms with Crippen molar-refractivity contribution in [2.24, 2.45) is 0 Å². The van der Waals surface area contributed by atoms with E-state index < -0.39 is 15.8 Å². The second-order valence-corrected chi connectivity index (χ2v) is 10.1. The number of hydrogen-bond acceptors (Lipinski definition) is 6. The van der Waals surface area contributed by atoms with E-state index >= 15 is 0 Å². The summed E-state index contributed by atoms with van der Waals surface area (Å²) in [5.74, 6) is -0.0977. The van der Waals surface area contributed by atoms with Crippen LogP contribution in [-0.4, -0.2) is 21.0 Å². The summed E-state index contributed by atoms with van der Waals surface area (Å²) in [5.41, 5.74) is 1.41. The normalized spacial score (nSPS) is 11.4. The molecule has 0 aliphatic heterocycles. The Hall–Kier alpha value is -3.16. The van der Waals surface area contributed by atoms with Crippen LogP contribution in [0.15, 0.2) is 83.8 Å². The molecular weight excluding hydrogens is 444 g/mol. The van der Waals surface area contributed by atoms with Crippen molar-refractivity contribution in [1.29, 1.82) is 0 Å². The highest BCUT2D eigenvalue weighted by atomic mass is 32.2. The number of fused-ring (bicyclic) bond motifs is 1. The molecule has 0 saturated heterocycles. The first-order valence-corrected chi connectivity index (χ1v) is 12.6. The largest absolute Gasteiger partial charge is 0.486 e. The number of hydrogen-bond donors (Lipinski definition) is 0. The molecule has 0 amide bonds. The predicted octanol–water partition coefficient (Wildman–Crippen LogP) is 5.63. The van der Waals surface area contributed by atoms with Crippen molar-refractivity contribution in [1.82, 2.24) is 0 Å². The summed E-state index contributed by atoms with van der Waals surface area (Å²) in [6.07, 6.45) is 0. The van der Waals surface area contributed by atoms with Gasteiger partial charge in [0.25, 0.3) is 0 Å². The monoisotopic (exact) mass is 466 g/mol. The molecule has 0 unspecified atom stereocenters. The number of thiophene rings is 1. The van der Waals surface area contributed by atoms with Gasteiger partial charge in [0.05, 0.1) is 17.3 Å². The molecule has 0 aliphatic carbocycles. The van der Waals surface area contributed by atoms with Crippen LogP contribution in [0.3, 0.4) is 0 Å². The number of sulfone groups is 1. The molecule has 0 radical (unpaired) electrons. The molecule has 0 fully saturated rings. The first-order valence-electron chi connectivity index (χ1n) is 10.2. The van der Waals surface area contributed by atoms with Gasteiger partial charge in [-0.1, -0.05) is 54.6 Å². The molecule has 4 rings (SSSR count). The van der Waals surface area contributed by atoms with Crippen molar-refractivity contribution >= 4 is 37.2 Å². The van der Waals surface area contributed by atoms with Gasteiger partial charge in [-0.25, -0.2) is 13.2 Å². The van der Waals surface area contributed by atoms with Crippen molar-refractivity contribution in [2.75, 3.05) is 6.61 Å². The Morgan fingerprint density at radius 3 is 2.28 bits per heavy atom. The molecule has 5 nitrogen and oxygen atoms in total. The molecule has 32 heavy (non-hydrogen) atoms. The third-order valence-corrected chi connectivity index (χ3v) is 7.76. The van der Waals surface area contributed by atoms with Gasteiger partial charge in [-0.05, 0) is 42.3 Å². The summed E-state index contributed by atoms with van der Waals surface area (Å²) < 4.78 is 38.0. The second kappa shape index (κ2) is 9.54. The van der Waals surface area contributed by atoms with Crippen LogP contribution in [0, 0.1) is 0 Å². The summed E-state index contributed by atoms with van der Waals surface area (Å²) >= 11 is 1.32. The smallest absolute Gasteiger partial charge is 0.352 e. The highest BCUT2D eigenvalue weighted by molar-refractivity contribution is 7.90. The van der Waals surface area contributed by atoms with Gasteiger partial charge in [0.1, 0.15) is 6.61 Å². The molecule has 4 aromatic rings. The van der Waals surface area contributed by atoms with Gasteiger partial charge in [0.2, 0.25) is 0 Å². The van der Waals surface area contributed by atoms with Crippen LogP contribution in [0.25, 0.3) is 10.1 Å². The zero-order chi connectivity index (χ0) is 22.6. The predicted molar refractivity (Wildman–Crippen MR) is 126 cm³/mol. The van der Waals surface area contributed by atoms with E-state index in [1.807, 2.05) is 42.5 Å². The maximum Gasteiger partial charge on any atom is 0.352 e. The number of carbonyl (C=O) groups is 1. The second-order valence-electron chi connectivity index (χ2n) is 7.11. The Morgan fingerprint density at radius 1 is 0.875 bits per heavy atom. The lowest BCUT2D eigenvalue weighted by molar-refractivity contribution is 0.0527. The van der Waals surface area contributed by atoms with Crippen LogP contribution < -0.4 is 4.74 Å². The third kappa shape index (κ3) is 4.69. The van der Waals surface area contributed by atoms with E-state index in [0.717, 1.165) is 15.6 Å². The molecule has 1 aromatic heterocycles. The number of esters is 1. The third-order valence-electron chi connectivity index (χ3n) is 4.95. The summed E-state index contributed by atoms with van der Waals surface area (Å²) in [5, 5.41) is 0.829. The molecule has 0 aliphatic rings. The Balaban J connectivity index is 1.63. The van der Waals surface area contributed by atoms with Gasteiger partial charge in [-0.3, -0.25) is 0 Å². The lowest BCUT2D eigenvalue weighted by Crippen LogP contribution is -2.09. The Labute approximate surface area is 191 Å². The highest BCUT2D eigenvalue weighted by Crippen LogP contribution is 2.38. The lowest BCUT2D eigenvalue weighted by Gasteiger charge is -2.12. The molecular formula is C25H22O5S2. The summed E-state index contributed by atoms with van der Waals surface area (Å²) in [4.78, 5) is 13.2. The minimum Gasteiger partial charge on any atom is -0.486 e. The summed E-state index contributed by atoms with van der Waals surface area (Å²) in [6.45, 7) is 2.16. The van der Waals surface area contributed by atoms with Crippen LogP contribution in [0.2, 0.25) is 0 Å². The first kappa shape index (κ1) is 22.0. The van der Waals surface area contributed by atoms with Gasteiger partial charge in [-0.15, -0.1) is 11.3 Å². The molecule has 164 valence electrons. The van der Waals surface area contributed by atoms with Crippen molar-refractivity contribution in [3.63, 3.8) is 0 Å². The van der Waals surface area contributed by atoms with Crippen LogP contribution >= 0.6 is 11.3 Å². The van der Waals surface area contributed by atoms with Crippen molar-refractivity contribution in [2.45, 2.75) is 24.2 Å². The number of ether oxygens (including phenoxy) is 2. The molecule has 1 heterocycles. The number of benzene rings is 3. The van der Waals surface area contributed by atoms with E-state index in [1.165, 1.54) is 11.3 Å². The van der Waals surface area contributed by atoms with E-state index in [1.54, 1.807) is 43.3 Å². The zero-order valence-corrected chi connectivity index (χ0v) is 19.1. The van der Waals surface area contributed by atoms with Crippen LogP contribution in [0.4, 0.5) is 0 Å². The molecule has 0 saturated carbocycles. The highest BCUT2D eigenvalue weighted by Gasteiger charge is 2.22. The fourth-order valence-electron chi connectivity index (χ4n) is 3.40. The maximum atomic E-state index is 12.9. The fourth-order valence-corrected chi connectivity index (χ4v) is 5.87. The van der Waals surface area contributed by atoms with E-state index in [4.69, 9.17) is 9.47 Å². The topological polar surface area (TPSA) is 69.7 Å². The van der Waals surface area contributed by atoms with Gasteiger partial charge < -0.3 is 9.47 Å². The first-order chi connectivity index (χ1) is 15.5. The van der Waals surface area contributed by atoms with Gasteiger partial charge in [0.15, 0.2) is 20.5 Å². The van der Waals surface area contributed by atoms with E-state index in [2.05, 4.69) is 0 Å². The van der Waals surface area contributed by atoms with Crippen LogP contribution in [0.5, 0.6) is 5.75 Å². The van der Waals surface area contributed by atoms with Crippen molar-refractivity contribution < 1.29 is 22.7 Å². The molecule has 0 spiro atoms. The minimum absolute atomic E-state index is 0.133. The SMILES string of the molecule is CCOC(=O)c1sc2ccccc2c1OCc1ccccc1CS(=O)(=O)c1ccccc1.